The third kappa shape index (κ3) is 3.88. The molecule has 0 spiro atoms. The fourth-order valence-corrected chi connectivity index (χ4v) is 1.40. The first-order valence-electron chi connectivity index (χ1n) is 5.50. The molecule has 2 amide bonds. The first-order valence-corrected chi connectivity index (χ1v) is 5.50. The molecule has 0 heterocycles. The largest absolute Gasteiger partial charge is 0.352 e. The van der Waals surface area contributed by atoms with E-state index in [1.807, 2.05) is 6.92 Å². The maximum Gasteiger partial charge on any atom is 0.253 e. The summed E-state index contributed by atoms with van der Waals surface area (Å²) >= 11 is 0. The average Bonchev–Trinajstić information content (AvgIpc) is 2.30. The van der Waals surface area contributed by atoms with Gasteiger partial charge in [0.1, 0.15) is 0 Å². The molecular formula is C12H17N3O2. The van der Waals surface area contributed by atoms with Gasteiger partial charge in [0, 0.05) is 6.54 Å². The van der Waals surface area contributed by atoms with Crippen LogP contribution in [0.4, 0.5) is 5.69 Å². The number of anilines is 1. The highest BCUT2D eigenvalue weighted by Gasteiger charge is 2.11. The summed E-state index contributed by atoms with van der Waals surface area (Å²) in [5.74, 6) is -0.364. The van der Waals surface area contributed by atoms with Gasteiger partial charge in [-0.15, -0.1) is 0 Å². The molecule has 0 bridgehead atoms. The van der Waals surface area contributed by atoms with Crippen LogP contribution in [-0.2, 0) is 4.79 Å². The van der Waals surface area contributed by atoms with Crippen molar-refractivity contribution in [1.82, 2.24) is 10.6 Å². The van der Waals surface area contributed by atoms with E-state index in [0.29, 0.717) is 17.8 Å². The Hall–Kier alpha value is -1.88. The number of benzene rings is 1. The molecule has 5 heteroatoms. The van der Waals surface area contributed by atoms with Crippen LogP contribution < -0.4 is 16.0 Å². The van der Waals surface area contributed by atoms with E-state index in [4.69, 9.17) is 0 Å². The van der Waals surface area contributed by atoms with Crippen molar-refractivity contribution in [3.05, 3.63) is 29.8 Å². The fraction of sp³-hybridized carbons (Fsp3) is 0.333. The lowest BCUT2D eigenvalue weighted by atomic mass is 10.1. The third-order valence-electron chi connectivity index (χ3n) is 2.12. The topological polar surface area (TPSA) is 70.2 Å². The van der Waals surface area contributed by atoms with Gasteiger partial charge in [0.25, 0.3) is 5.91 Å². The monoisotopic (exact) mass is 235 g/mol. The molecule has 0 unspecified atom stereocenters. The van der Waals surface area contributed by atoms with Crippen molar-refractivity contribution in [3.8, 4) is 0 Å². The molecule has 5 nitrogen and oxygen atoms in total. The molecule has 0 saturated carbocycles. The number of hydrogen-bond acceptors (Lipinski definition) is 3. The number of carbonyl (C=O) groups excluding carboxylic acids is 2. The molecule has 0 aliphatic rings. The SMILES string of the molecule is CCNC(=O)c1ccccc1NC(=O)CNC. The summed E-state index contributed by atoms with van der Waals surface area (Å²) in [4.78, 5) is 23.2. The Kier molecular flexibility index (Phi) is 5.16. The van der Waals surface area contributed by atoms with E-state index in [9.17, 15) is 9.59 Å². The summed E-state index contributed by atoms with van der Waals surface area (Å²) in [6.45, 7) is 2.61. The van der Waals surface area contributed by atoms with E-state index in [1.165, 1.54) is 0 Å². The lowest BCUT2D eigenvalue weighted by Crippen LogP contribution is -2.28. The maximum atomic E-state index is 11.7. The van der Waals surface area contributed by atoms with Crippen molar-refractivity contribution in [1.29, 1.82) is 0 Å². The van der Waals surface area contributed by atoms with Crippen molar-refractivity contribution in [2.24, 2.45) is 0 Å². The smallest absolute Gasteiger partial charge is 0.253 e. The number of carbonyl (C=O) groups is 2. The van der Waals surface area contributed by atoms with E-state index < -0.39 is 0 Å². The summed E-state index contributed by atoms with van der Waals surface area (Å²) in [7, 11) is 1.69. The van der Waals surface area contributed by atoms with E-state index >= 15 is 0 Å². The lowest BCUT2D eigenvalue weighted by Gasteiger charge is -2.10. The van der Waals surface area contributed by atoms with Crippen LogP contribution in [0.3, 0.4) is 0 Å². The highest BCUT2D eigenvalue weighted by molar-refractivity contribution is 6.04. The molecule has 0 radical (unpaired) electrons. The van der Waals surface area contributed by atoms with Crippen molar-refractivity contribution >= 4 is 17.5 Å². The Morgan fingerprint density at radius 3 is 2.59 bits per heavy atom. The highest BCUT2D eigenvalue weighted by Crippen LogP contribution is 2.14. The minimum atomic E-state index is -0.187. The van der Waals surface area contributed by atoms with Gasteiger partial charge in [-0.3, -0.25) is 9.59 Å². The first kappa shape index (κ1) is 13.2. The van der Waals surface area contributed by atoms with Crippen molar-refractivity contribution in [3.63, 3.8) is 0 Å². The van der Waals surface area contributed by atoms with Gasteiger partial charge >= 0.3 is 0 Å². The lowest BCUT2D eigenvalue weighted by molar-refractivity contribution is -0.115. The molecule has 0 aliphatic carbocycles. The van der Waals surface area contributed by atoms with Crippen LogP contribution >= 0.6 is 0 Å². The highest BCUT2D eigenvalue weighted by atomic mass is 16.2. The fourth-order valence-electron chi connectivity index (χ4n) is 1.40. The third-order valence-corrected chi connectivity index (χ3v) is 2.12. The van der Waals surface area contributed by atoms with E-state index in [-0.39, 0.29) is 18.4 Å². The van der Waals surface area contributed by atoms with E-state index in [1.54, 1.807) is 31.3 Å². The van der Waals surface area contributed by atoms with Gasteiger partial charge in [-0.05, 0) is 26.1 Å². The Bertz CT molecular complexity index is 404. The second-order valence-electron chi connectivity index (χ2n) is 3.48. The summed E-state index contributed by atoms with van der Waals surface area (Å²) in [5, 5.41) is 8.14. The molecule has 1 aromatic carbocycles. The number of hydrogen-bond donors (Lipinski definition) is 3. The summed E-state index contributed by atoms with van der Waals surface area (Å²) in [6.07, 6.45) is 0. The minimum Gasteiger partial charge on any atom is -0.352 e. The standard InChI is InChI=1S/C12H17N3O2/c1-3-14-12(17)9-6-4-5-7-10(9)15-11(16)8-13-2/h4-7,13H,3,8H2,1-2H3,(H,14,17)(H,15,16). The van der Waals surface area contributed by atoms with Gasteiger partial charge in [-0.25, -0.2) is 0 Å². The molecule has 92 valence electrons. The predicted octanol–water partition coefficient (Wildman–Crippen LogP) is 0.594. The van der Waals surface area contributed by atoms with Crippen LogP contribution in [0.15, 0.2) is 24.3 Å². The molecule has 1 rings (SSSR count). The number of rotatable bonds is 5. The second kappa shape index (κ2) is 6.65. The first-order chi connectivity index (χ1) is 8.19. The van der Waals surface area contributed by atoms with E-state index in [2.05, 4.69) is 16.0 Å². The number of likely N-dealkylation sites (N-methyl/N-ethyl adjacent to an activating group) is 1. The quantitative estimate of drug-likeness (QED) is 0.699. The van der Waals surface area contributed by atoms with E-state index in [0.717, 1.165) is 0 Å². The summed E-state index contributed by atoms with van der Waals surface area (Å²) < 4.78 is 0. The molecule has 1 aromatic rings. The zero-order valence-corrected chi connectivity index (χ0v) is 10.0. The molecule has 0 atom stereocenters. The minimum absolute atomic E-state index is 0.177. The maximum absolute atomic E-state index is 11.7. The van der Waals surface area contributed by atoms with Gasteiger partial charge < -0.3 is 16.0 Å². The Morgan fingerprint density at radius 1 is 1.24 bits per heavy atom. The van der Waals surface area contributed by atoms with Crippen LogP contribution in [0.2, 0.25) is 0 Å². The Balaban J connectivity index is 2.84. The van der Waals surface area contributed by atoms with Crippen LogP contribution in [-0.4, -0.2) is 32.0 Å². The Labute approximate surface area is 101 Å². The zero-order chi connectivity index (χ0) is 12.7. The molecular weight excluding hydrogens is 218 g/mol. The predicted molar refractivity (Wildman–Crippen MR) is 67.0 cm³/mol. The summed E-state index contributed by atoms with van der Waals surface area (Å²) in [5.41, 5.74) is 0.998. The molecule has 3 N–H and O–H groups in total. The van der Waals surface area contributed by atoms with Crippen molar-refractivity contribution in [2.75, 3.05) is 25.5 Å². The molecule has 17 heavy (non-hydrogen) atoms. The molecule has 0 aliphatic heterocycles. The number of nitrogens with one attached hydrogen (secondary N) is 3. The summed E-state index contributed by atoms with van der Waals surface area (Å²) in [6, 6.07) is 6.92. The van der Waals surface area contributed by atoms with Gasteiger partial charge in [0.05, 0.1) is 17.8 Å². The van der Waals surface area contributed by atoms with Crippen LogP contribution in [0.5, 0.6) is 0 Å². The second-order valence-corrected chi connectivity index (χ2v) is 3.48. The molecule has 0 saturated heterocycles. The van der Waals surface area contributed by atoms with Gasteiger partial charge in [-0.2, -0.15) is 0 Å². The number of para-hydroxylation sites is 1. The zero-order valence-electron chi connectivity index (χ0n) is 10.0. The van der Waals surface area contributed by atoms with Crippen molar-refractivity contribution in [2.45, 2.75) is 6.92 Å². The average molecular weight is 235 g/mol. The number of amides is 2. The Morgan fingerprint density at radius 2 is 1.94 bits per heavy atom. The van der Waals surface area contributed by atoms with Crippen LogP contribution in [0.1, 0.15) is 17.3 Å². The van der Waals surface area contributed by atoms with Crippen LogP contribution in [0.25, 0.3) is 0 Å². The van der Waals surface area contributed by atoms with Gasteiger partial charge in [0.15, 0.2) is 0 Å². The van der Waals surface area contributed by atoms with Crippen molar-refractivity contribution < 1.29 is 9.59 Å². The normalized spacial score (nSPS) is 9.76. The van der Waals surface area contributed by atoms with Crippen LogP contribution in [0, 0.1) is 0 Å². The van der Waals surface area contributed by atoms with Gasteiger partial charge in [0.2, 0.25) is 5.91 Å². The van der Waals surface area contributed by atoms with Gasteiger partial charge in [-0.1, -0.05) is 12.1 Å². The molecule has 0 aromatic heterocycles. The molecule has 0 fully saturated rings.